The Bertz CT molecular complexity index is 523. The number of likely N-dealkylation sites (N-methyl/N-ethyl adjacent to an activating group) is 1. The molecule has 2 rings (SSSR count). The summed E-state index contributed by atoms with van der Waals surface area (Å²) in [6.45, 7) is 0.626. The van der Waals surface area contributed by atoms with Crippen LogP contribution in [0.3, 0.4) is 0 Å². The second-order valence-corrected chi connectivity index (χ2v) is 5.98. The fourth-order valence-corrected chi connectivity index (χ4v) is 2.82. The molecule has 0 radical (unpaired) electrons. The molecular formula is C16H20N2OS. The first-order valence-corrected chi connectivity index (χ1v) is 7.55. The topological polar surface area (TPSA) is 32.3 Å². The molecule has 0 aliphatic carbocycles. The number of hydrogen-bond donors (Lipinski definition) is 1. The Kier molecular flexibility index (Phi) is 5.32. The van der Waals surface area contributed by atoms with Gasteiger partial charge >= 0.3 is 0 Å². The minimum absolute atomic E-state index is 0.0789. The van der Waals surface area contributed by atoms with Crippen molar-refractivity contribution in [1.29, 1.82) is 0 Å². The van der Waals surface area contributed by atoms with Crippen molar-refractivity contribution < 1.29 is 4.79 Å². The highest BCUT2D eigenvalue weighted by molar-refractivity contribution is 7.10. The number of carbonyl (C=O) groups excluding carboxylic acids is 1. The van der Waals surface area contributed by atoms with Gasteiger partial charge in [-0.15, -0.1) is 11.3 Å². The van der Waals surface area contributed by atoms with Crippen LogP contribution in [0.2, 0.25) is 0 Å². The minimum atomic E-state index is 0.0789. The molecule has 0 fully saturated rings. The minimum Gasteiger partial charge on any atom is -0.354 e. The summed E-state index contributed by atoms with van der Waals surface area (Å²) in [5.41, 5.74) is 1.22. The Morgan fingerprint density at radius 2 is 1.95 bits per heavy atom. The fourth-order valence-electron chi connectivity index (χ4n) is 2.12. The van der Waals surface area contributed by atoms with Crippen molar-refractivity contribution in [1.82, 2.24) is 10.2 Å². The van der Waals surface area contributed by atoms with Gasteiger partial charge in [-0.3, -0.25) is 4.79 Å². The predicted octanol–water partition coefficient (Wildman–Crippen LogP) is 2.71. The first-order valence-electron chi connectivity index (χ1n) is 6.67. The van der Waals surface area contributed by atoms with E-state index < -0.39 is 0 Å². The van der Waals surface area contributed by atoms with Crippen molar-refractivity contribution in [2.45, 2.75) is 12.5 Å². The van der Waals surface area contributed by atoms with Crippen molar-refractivity contribution >= 4 is 17.2 Å². The monoisotopic (exact) mass is 288 g/mol. The maximum atomic E-state index is 11.9. The van der Waals surface area contributed by atoms with Crippen LogP contribution in [-0.2, 0) is 11.2 Å². The van der Waals surface area contributed by atoms with E-state index in [1.807, 2.05) is 49.8 Å². The van der Waals surface area contributed by atoms with Crippen LogP contribution in [0.1, 0.15) is 16.5 Å². The first-order chi connectivity index (χ1) is 9.66. The van der Waals surface area contributed by atoms with Crippen molar-refractivity contribution in [2.24, 2.45) is 0 Å². The van der Waals surface area contributed by atoms with E-state index in [1.54, 1.807) is 11.3 Å². The van der Waals surface area contributed by atoms with E-state index >= 15 is 0 Å². The molecule has 1 aromatic heterocycles. The van der Waals surface area contributed by atoms with Crippen molar-refractivity contribution in [3.8, 4) is 0 Å². The van der Waals surface area contributed by atoms with Gasteiger partial charge in [-0.05, 0) is 31.1 Å². The molecule has 1 heterocycles. The zero-order valence-electron chi connectivity index (χ0n) is 11.9. The average molecular weight is 288 g/mol. The quantitative estimate of drug-likeness (QED) is 0.886. The van der Waals surface area contributed by atoms with Crippen LogP contribution in [0.4, 0.5) is 0 Å². The number of amides is 1. The molecule has 4 heteroatoms. The van der Waals surface area contributed by atoms with Crippen LogP contribution < -0.4 is 5.32 Å². The van der Waals surface area contributed by atoms with Gasteiger partial charge in [-0.2, -0.15) is 0 Å². The highest BCUT2D eigenvalue weighted by atomic mass is 32.1. The molecule has 1 atom stereocenters. The van der Waals surface area contributed by atoms with Gasteiger partial charge in [-0.25, -0.2) is 0 Å². The summed E-state index contributed by atoms with van der Waals surface area (Å²) < 4.78 is 0. The molecule has 0 bridgehead atoms. The fraction of sp³-hybridized carbons (Fsp3) is 0.312. The smallest absolute Gasteiger partial charge is 0.225 e. The summed E-state index contributed by atoms with van der Waals surface area (Å²) in [6, 6.07) is 14.4. The summed E-state index contributed by atoms with van der Waals surface area (Å²) in [5, 5.41) is 5.02. The van der Waals surface area contributed by atoms with Crippen LogP contribution in [0.15, 0.2) is 47.8 Å². The second-order valence-electron chi connectivity index (χ2n) is 4.95. The predicted molar refractivity (Wildman–Crippen MR) is 83.9 cm³/mol. The number of rotatable bonds is 6. The van der Waals surface area contributed by atoms with Crippen molar-refractivity contribution in [3.05, 3.63) is 58.3 Å². The van der Waals surface area contributed by atoms with E-state index in [0.717, 1.165) is 4.88 Å². The number of thiophene rings is 1. The maximum absolute atomic E-state index is 11.9. The Balaban J connectivity index is 1.91. The third-order valence-electron chi connectivity index (χ3n) is 3.22. The van der Waals surface area contributed by atoms with Gasteiger partial charge in [0.2, 0.25) is 5.91 Å². The van der Waals surface area contributed by atoms with Crippen molar-refractivity contribution in [3.63, 3.8) is 0 Å². The molecule has 1 amide bonds. The molecule has 0 saturated heterocycles. The van der Waals surface area contributed by atoms with Gasteiger partial charge in [0.05, 0.1) is 12.5 Å². The summed E-state index contributed by atoms with van der Waals surface area (Å²) >= 11 is 1.62. The average Bonchev–Trinajstić information content (AvgIpc) is 2.92. The number of nitrogens with one attached hydrogen (secondary N) is 1. The van der Waals surface area contributed by atoms with E-state index in [9.17, 15) is 4.79 Å². The highest BCUT2D eigenvalue weighted by Gasteiger charge is 2.15. The molecule has 20 heavy (non-hydrogen) atoms. The van der Waals surface area contributed by atoms with Crippen molar-refractivity contribution in [2.75, 3.05) is 20.6 Å². The molecule has 2 aromatic rings. The van der Waals surface area contributed by atoms with E-state index in [0.29, 0.717) is 13.0 Å². The van der Waals surface area contributed by atoms with Crippen LogP contribution in [0, 0.1) is 0 Å². The third-order valence-corrected chi connectivity index (χ3v) is 4.09. The maximum Gasteiger partial charge on any atom is 0.225 e. The highest BCUT2D eigenvalue weighted by Crippen LogP contribution is 2.16. The van der Waals surface area contributed by atoms with E-state index in [-0.39, 0.29) is 11.9 Å². The Hall–Kier alpha value is -1.65. The first kappa shape index (κ1) is 14.8. The summed E-state index contributed by atoms with van der Waals surface area (Å²) in [6.07, 6.45) is 0.465. The van der Waals surface area contributed by atoms with Crippen LogP contribution in [0.25, 0.3) is 0 Å². The van der Waals surface area contributed by atoms with Gasteiger partial charge < -0.3 is 10.2 Å². The Morgan fingerprint density at radius 3 is 2.55 bits per heavy atom. The summed E-state index contributed by atoms with van der Waals surface area (Å²) in [7, 11) is 4.06. The van der Waals surface area contributed by atoms with Crippen LogP contribution in [0.5, 0.6) is 0 Å². The van der Waals surface area contributed by atoms with Crippen LogP contribution >= 0.6 is 11.3 Å². The van der Waals surface area contributed by atoms with Gasteiger partial charge in [0.1, 0.15) is 0 Å². The third kappa shape index (κ3) is 4.18. The number of carbonyl (C=O) groups is 1. The molecule has 1 N–H and O–H groups in total. The van der Waals surface area contributed by atoms with E-state index in [2.05, 4.69) is 22.3 Å². The summed E-state index contributed by atoms with van der Waals surface area (Å²) in [4.78, 5) is 15.2. The molecule has 0 aliphatic rings. The normalized spacial score (nSPS) is 12.3. The second kappa shape index (κ2) is 7.22. The van der Waals surface area contributed by atoms with Gasteiger partial charge in [0.15, 0.2) is 0 Å². The lowest BCUT2D eigenvalue weighted by atomic mass is 10.1. The summed E-state index contributed by atoms with van der Waals surface area (Å²) in [5.74, 6) is 0.0789. The zero-order chi connectivity index (χ0) is 14.4. The van der Waals surface area contributed by atoms with Crippen LogP contribution in [-0.4, -0.2) is 31.4 Å². The lowest BCUT2D eigenvalue weighted by molar-refractivity contribution is -0.120. The molecule has 0 spiro atoms. The number of benzene rings is 1. The van der Waals surface area contributed by atoms with Gasteiger partial charge in [-0.1, -0.05) is 36.4 Å². The Labute approximate surface area is 124 Å². The van der Waals surface area contributed by atoms with E-state index in [1.165, 1.54) is 5.56 Å². The molecule has 1 aromatic carbocycles. The van der Waals surface area contributed by atoms with E-state index in [4.69, 9.17) is 0 Å². The number of nitrogens with zero attached hydrogens (tertiary/aromatic N) is 1. The molecule has 1 unspecified atom stereocenters. The lowest BCUT2D eigenvalue weighted by Crippen LogP contribution is -2.35. The molecule has 0 saturated carbocycles. The number of hydrogen-bond acceptors (Lipinski definition) is 3. The van der Waals surface area contributed by atoms with Gasteiger partial charge in [0.25, 0.3) is 0 Å². The molecule has 3 nitrogen and oxygen atoms in total. The zero-order valence-corrected chi connectivity index (χ0v) is 12.7. The molecule has 0 aliphatic heterocycles. The molecular weight excluding hydrogens is 268 g/mol. The Morgan fingerprint density at radius 1 is 1.20 bits per heavy atom. The lowest BCUT2D eigenvalue weighted by Gasteiger charge is -2.25. The van der Waals surface area contributed by atoms with Gasteiger partial charge in [0, 0.05) is 11.4 Å². The molecule has 106 valence electrons. The largest absolute Gasteiger partial charge is 0.354 e. The standard InChI is InChI=1S/C16H20N2OS/c1-18(2)15(13-7-4-3-5-8-13)12-17-16(19)11-14-9-6-10-20-14/h3-10,15H,11-12H2,1-2H3,(H,17,19). The SMILES string of the molecule is CN(C)C(CNC(=O)Cc1cccs1)c1ccccc1.